The first-order chi connectivity index (χ1) is 11.0. The van der Waals surface area contributed by atoms with Crippen molar-refractivity contribution in [1.29, 1.82) is 0 Å². The first-order valence-corrected chi connectivity index (χ1v) is 9.95. The fourth-order valence-electron chi connectivity index (χ4n) is 2.39. The van der Waals surface area contributed by atoms with Crippen LogP contribution in [-0.2, 0) is 4.79 Å². The molecule has 2 aromatic heterocycles. The van der Waals surface area contributed by atoms with Crippen LogP contribution in [0.1, 0.15) is 16.2 Å². The fourth-order valence-corrected chi connectivity index (χ4v) is 4.90. The molecular formula is C15H17N3O2S3. The quantitative estimate of drug-likeness (QED) is 0.868. The zero-order chi connectivity index (χ0) is 16.4. The van der Waals surface area contributed by atoms with Crippen LogP contribution in [0.25, 0.3) is 11.3 Å². The highest BCUT2D eigenvalue weighted by molar-refractivity contribution is 8.13. The van der Waals surface area contributed by atoms with Crippen LogP contribution >= 0.6 is 34.4 Å². The van der Waals surface area contributed by atoms with Crippen molar-refractivity contribution in [1.82, 2.24) is 9.88 Å². The summed E-state index contributed by atoms with van der Waals surface area (Å²) in [5.74, 6) is 0.712. The molecule has 23 heavy (non-hydrogen) atoms. The van der Waals surface area contributed by atoms with Crippen LogP contribution in [0.2, 0.25) is 0 Å². The minimum atomic E-state index is -0.103. The lowest BCUT2D eigenvalue weighted by Crippen LogP contribution is -2.27. The van der Waals surface area contributed by atoms with Gasteiger partial charge in [-0.1, -0.05) is 11.8 Å². The lowest BCUT2D eigenvalue weighted by Gasteiger charge is -2.13. The lowest BCUT2D eigenvalue weighted by atomic mass is 10.2. The Labute approximate surface area is 147 Å². The highest BCUT2D eigenvalue weighted by Crippen LogP contribution is 2.32. The third-order valence-electron chi connectivity index (χ3n) is 3.52. The predicted octanol–water partition coefficient (Wildman–Crippen LogP) is 3.99. The molecule has 122 valence electrons. The molecule has 5 nitrogen and oxygen atoms in total. The summed E-state index contributed by atoms with van der Waals surface area (Å²) in [7, 11) is 0. The summed E-state index contributed by atoms with van der Waals surface area (Å²) in [5.41, 5.74) is 2.03. The molecule has 0 aliphatic carbocycles. The number of aryl methyl sites for hydroxylation is 2. The van der Waals surface area contributed by atoms with Gasteiger partial charge in [-0.05, 0) is 19.9 Å². The van der Waals surface area contributed by atoms with E-state index in [0.29, 0.717) is 18.1 Å². The molecule has 0 aromatic carbocycles. The van der Waals surface area contributed by atoms with E-state index < -0.39 is 0 Å². The predicted molar refractivity (Wildman–Crippen MR) is 97.6 cm³/mol. The van der Waals surface area contributed by atoms with Gasteiger partial charge in [0.25, 0.3) is 5.24 Å². The second-order valence-corrected chi connectivity index (χ2v) is 8.63. The Morgan fingerprint density at radius 2 is 2.26 bits per heavy atom. The smallest absolute Gasteiger partial charge is 0.281 e. The van der Waals surface area contributed by atoms with Crippen LogP contribution in [0.4, 0.5) is 9.93 Å². The standard InChI is InChI=1S/C15H17N3O2S3/c1-9-7-11(10(2)23-9)12-8-22-14(16-12)17-13(19)3-4-18-5-6-21-15(18)20/h7-8H,3-6H2,1-2H3,(H,16,17,19). The summed E-state index contributed by atoms with van der Waals surface area (Å²) in [4.78, 5) is 32.2. The Morgan fingerprint density at radius 1 is 1.43 bits per heavy atom. The maximum atomic E-state index is 12.0. The van der Waals surface area contributed by atoms with Crippen molar-refractivity contribution in [3.63, 3.8) is 0 Å². The molecule has 2 aromatic rings. The van der Waals surface area contributed by atoms with Gasteiger partial charge in [0.15, 0.2) is 5.13 Å². The number of nitrogens with one attached hydrogen (secondary N) is 1. The van der Waals surface area contributed by atoms with E-state index in [1.807, 2.05) is 5.38 Å². The number of thiazole rings is 1. The molecule has 0 spiro atoms. The third-order valence-corrected chi connectivity index (χ3v) is 6.14. The second-order valence-electron chi connectivity index (χ2n) is 5.26. The van der Waals surface area contributed by atoms with Crippen LogP contribution in [0.5, 0.6) is 0 Å². The zero-order valence-electron chi connectivity index (χ0n) is 12.9. The summed E-state index contributed by atoms with van der Waals surface area (Å²) < 4.78 is 0. The number of hydrogen-bond acceptors (Lipinski definition) is 6. The van der Waals surface area contributed by atoms with Gasteiger partial charge in [0.2, 0.25) is 5.91 Å². The summed E-state index contributed by atoms with van der Waals surface area (Å²) in [6, 6.07) is 2.12. The third kappa shape index (κ3) is 3.94. The van der Waals surface area contributed by atoms with Gasteiger partial charge in [-0.25, -0.2) is 4.98 Å². The molecule has 8 heteroatoms. The molecule has 1 fully saturated rings. The Bertz CT molecular complexity index is 738. The number of amides is 2. The van der Waals surface area contributed by atoms with Crippen LogP contribution in [0.15, 0.2) is 11.4 Å². The van der Waals surface area contributed by atoms with Gasteiger partial charge in [-0.2, -0.15) is 0 Å². The van der Waals surface area contributed by atoms with Gasteiger partial charge >= 0.3 is 0 Å². The Kier molecular flexibility index (Phi) is 5.03. The van der Waals surface area contributed by atoms with Gasteiger partial charge in [0.1, 0.15) is 0 Å². The van der Waals surface area contributed by atoms with E-state index in [4.69, 9.17) is 0 Å². The number of nitrogens with zero attached hydrogens (tertiary/aromatic N) is 2. The molecule has 1 aliphatic rings. The molecule has 0 bridgehead atoms. The average Bonchev–Trinajstić information content (AvgIpc) is 3.18. The topological polar surface area (TPSA) is 62.3 Å². The Balaban J connectivity index is 1.57. The van der Waals surface area contributed by atoms with Crippen molar-refractivity contribution in [3.05, 3.63) is 21.2 Å². The van der Waals surface area contributed by atoms with Crippen LogP contribution in [0.3, 0.4) is 0 Å². The normalized spacial score (nSPS) is 14.5. The number of anilines is 1. The van der Waals surface area contributed by atoms with Crippen molar-refractivity contribution in [3.8, 4) is 11.3 Å². The number of thiophene rings is 1. The largest absolute Gasteiger partial charge is 0.332 e. The molecule has 0 unspecified atom stereocenters. The Morgan fingerprint density at radius 3 is 2.91 bits per heavy atom. The highest BCUT2D eigenvalue weighted by Gasteiger charge is 2.21. The lowest BCUT2D eigenvalue weighted by molar-refractivity contribution is -0.116. The highest BCUT2D eigenvalue weighted by atomic mass is 32.2. The first-order valence-electron chi connectivity index (χ1n) is 7.27. The number of hydrogen-bond donors (Lipinski definition) is 1. The maximum Gasteiger partial charge on any atom is 0.281 e. The number of thioether (sulfide) groups is 1. The maximum absolute atomic E-state index is 12.0. The molecule has 0 saturated carbocycles. The van der Waals surface area contributed by atoms with E-state index >= 15 is 0 Å². The molecule has 3 heterocycles. The van der Waals surface area contributed by atoms with Crippen molar-refractivity contribution in [2.75, 3.05) is 24.2 Å². The monoisotopic (exact) mass is 367 g/mol. The van der Waals surface area contributed by atoms with Gasteiger partial charge in [-0.15, -0.1) is 22.7 Å². The minimum Gasteiger partial charge on any atom is -0.332 e. The number of aromatic nitrogens is 1. The van der Waals surface area contributed by atoms with E-state index in [1.165, 1.54) is 32.9 Å². The van der Waals surface area contributed by atoms with Gasteiger partial charge in [-0.3, -0.25) is 9.59 Å². The van der Waals surface area contributed by atoms with Gasteiger partial charge in [0.05, 0.1) is 5.69 Å². The SMILES string of the molecule is Cc1cc(-c2csc(NC(=O)CCN3CCSC3=O)n2)c(C)s1. The molecule has 1 aliphatic heterocycles. The van der Waals surface area contributed by atoms with Crippen LogP contribution in [-0.4, -0.2) is 39.9 Å². The molecule has 1 saturated heterocycles. The first kappa shape index (κ1) is 16.5. The van der Waals surface area contributed by atoms with Crippen molar-refractivity contribution in [2.45, 2.75) is 20.3 Å². The molecule has 1 N–H and O–H groups in total. The summed E-state index contributed by atoms with van der Waals surface area (Å²) in [6.45, 7) is 5.36. The molecule has 2 amide bonds. The Hall–Kier alpha value is -1.38. The minimum absolute atomic E-state index is 0.0673. The molecule has 0 atom stereocenters. The van der Waals surface area contributed by atoms with Crippen molar-refractivity contribution >= 4 is 50.7 Å². The van der Waals surface area contributed by atoms with E-state index in [2.05, 4.69) is 30.2 Å². The van der Waals surface area contributed by atoms with E-state index in [9.17, 15) is 9.59 Å². The number of rotatable bonds is 5. The molecular weight excluding hydrogens is 350 g/mol. The van der Waals surface area contributed by atoms with E-state index in [0.717, 1.165) is 23.6 Å². The zero-order valence-corrected chi connectivity index (χ0v) is 15.4. The number of carbonyl (C=O) groups is 2. The molecule has 3 rings (SSSR count). The van der Waals surface area contributed by atoms with Crippen LogP contribution < -0.4 is 5.32 Å². The van der Waals surface area contributed by atoms with E-state index in [-0.39, 0.29) is 11.1 Å². The summed E-state index contributed by atoms with van der Waals surface area (Å²) in [6.07, 6.45) is 0.303. The average molecular weight is 368 g/mol. The summed E-state index contributed by atoms with van der Waals surface area (Å²) in [5, 5.41) is 5.46. The van der Waals surface area contributed by atoms with Crippen molar-refractivity contribution < 1.29 is 9.59 Å². The van der Waals surface area contributed by atoms with Crippen molar-refractivity contribution in [2.24, 2.45) is 0 Å². The fraction of sp³-hybridized carbons (Fsp3) is 0.400. The molecule has 0 radical (unpaired) electrons. The second kappa shape index (κ2) is 7.02. The van der Waals surface area contributed by atoms with Crippen LogP contribution in [0, 0.1) is 13.8 Å². The van der Waals surface area contributed by atoms with Gasteiger partial charge < -0.3 is 10.2 Å². The van der Waals surface area contributed by atoms with E-state index in [1.54, 1.807) is 16.2 Å². The van der Waals surface area contributed by atoms with Gasteiger partial charge in [0, 0.05) is 46.0 Å². The number of carbonyl (C=O) groups excluding carboxylic acids is 2. The summed E-state index contributed by atoms with van der Waals surface area (Å²) >= 11 is 4.48.